The molecule has 2 fully saturated rings. The minimum Gasteiger partial charge on any atom is -0.390 e. The first-order valence-electron chi connectivity index (χ1n) is 11.5. The largest absolute Gasteiger partial charge is 0.493 e. The maximum atomic E-state index is 13.4. The van der Waals surface area contributed by atoms with E-state index in [9.17, 15) is 37.9 Å². The van der Waals surface area contributed by atoms with Crippen molar-refractivity contribution in [3.8, 4) is 0 Å². The number of carbonyl (C=O) groups is 3. The molecule has 1 saturated carbocycles. The van der Waals surface area contributed by atoms with Gasteiger partial charge in [0.05, 0.1) is 17.4 Å². The molecule has 1 saturated heterocycles. The molecule has 35 heavy (non-hydrogen) atoms. The van der Waals surface area contributed by atoms with Crippen LogP contribution in [0.15, 0.2) is 30.3 Å². The highest BCUT2D eigenvalue weighted by atomic mass is 19.4. The van der Waals surface area contributed by atoms with E-state index in [4.69, 9.17) is 0 Å². The van der Waals surface area contributed by atoms with E-state index < -0.39 is 46.6 Å². The molecule has 0 aromatic heterocycles. The molecule has 12 heteroatoms. The van der Waals surface area contributed by atoms with Gasteiger partial charge in [0.15, 0.2) is 0 Å². The normalized spacial score (nSPS) is 25.4. The number of alkyl halides is 3. The van der Waals surface area contributed by atoms with Crippen molar-refractivity contribution in [1.29, 1.82) is 0 Å². The Bertz CT molecular complexity index is 921. The van der Waals surface area contributed by atoms with Crippen molar-refractivity contribution in [1.82, 2.24) is 10.1 Å². The van der Waals surface area contributed by atoms with Gasteiger partial charge in [-0.1, -0.05) is 32.0 Å². The van der Waals surface area contributed by atoms with Crippen LogP contribution in [0.4, 0.5) is 18.9 Å². The summed E-state index contributed by atoms with van der Waals surface area (Å²) in [5.74, 6) is -7.25. The molecular formula is C23H30F3N3O6. The molecule has 0 radical (unpaired) electrons. The maximum Gasteiger partial charge on any atom is 0.493 e. The fourth-order valence-electron chi connectivity index (χ4n) is 4.69. The summed E-state index contributed by atoms with van der Waals surface area (Å²) < 4.78 is 37.6. The first kappa shape index (κ1) is 26.7. The van der Waals surface area contributed by atoms with Crippen LogP contribution in [0.1, 0.15) is 33.1 Å². The standard InChI is InChI=1S/C23H30F3N3O6/c1-15(2)22(33)9-8-17(18(14-22)20(31)29(34)35-21(32)23(24,25)26)19(30)28-12-10-27(11-13-28)16-6-4-3-5-7-16/h3-7,15,17-18,33-34H,8-14H2,1-2H3/t17-,18-,22+/m0/s1. The number of rotatable bonds is 4. The van der Waals surface area contributed by atoms with Gasteiger partial charge in [0, 0.05) is 31.9 Å². The summed E-state index contributed by atoms with van der Waals surface area (Å²) in [6.45, 7) is 5.26. The van der Waals surface area contributed by atoms with E-state index in [0.29, 0.717) is 26.2 Å². The molecule has 2 amide bonds. The minimum absolute atomic E-state index is 0.0872. The van der Waals surface area contributed by atoms with E-state index in [-0.39, 0.29) is 25.2 Å². The van der Waals surface area contributed by atoms with E-state index in [1.54, 1.807) is 18.7 Å². The first-order chi connectivity index (χ1) is 16.3. The van der Waals surface area contributed by atoms with Crippen LogP contribution >= 0.6 is 0 Å². The zero-order valence-corrected chi connectivity index (χ0v) is 19.6. The second kappa shape index (κ2) is 10.4. The van der Waals surface area contributed by atoms with Crippen LogP contribution in [0.3, 0.4) is 0 Å². The van der Waals surface area contributed by atoms with Gasteiger partial charge in [-0.15, -0.1) is 0 Å². The monoisotopic (exact) mass is 501 g/mol. The molecule has 1 aliphatic heterocycles. The average Bonchev–Trinajstić information content (AvgIpc) is 2.83. The van der Waals surface area contributed by atoms with E-state index in [2.05, 4.69) is 9.74 Å². The SMILES string of the molecule is CC(C)[C@@]1(O)CC[C@H](C(=O)N2CCN(c3ccccc3)CC2)[C@@H](C(=O)N(O)OC(=O)C(F)(F)F)C1. The van der Waals surface area contributed by atoms with Gasteiger partial charge in [-0.05, 0) is 42.5 Å². The Balaban J connectivity index is 1.74. The van der Waals surface area contributed by atoms with E-state index in [0.717, 1.165) is 5.69 Å². The zero-order chi connectivity index (χ0) is 26.0. The van der Waals surface area contributed by atoms with Crippen LogP contribution in [-0.4, -0.2) is 76.2 Å². The van der Waals surface area contributed by atoms with Crippen molar-refractivity contribution in [3.05, 3.63) is 30.3 Å². The summed E-state index contributed by atoms with van der Waals surface area (Å²) >= 11 is 0. The third-order valence-electron chi connectivity index (χ3n) is 6.96. The number of benzene rings is 1. The predicted octanol–water partition coefficient (Wildman–Crippen LogP) is 2.38. The summed E-state index contributed by atoms with van der Waals surface area (Å²) in [6, 6.07) is 9.63. The summed E-state index contributed by atoms with van der Waals surface area (Å²) in [7, 11) is 0. The lowest BCUT2D eigenvalue weighted by Crippen LogP contribution is -2.56. The van der Waals surface area contributed by atoms with Gasteiger partial charge in [0.25, 0.3) is 5.91 Å². The zero-order valence-electron chi connectivity index (χ0n) is 19.6. The number of nitrogens with zero attached hydrogens (tertiary/aromatic N) is 3. The molecule has 0 unspecified atom stereocenters. The van der Waals surface area contributed by atoms with Gasteiger partial charge in [0.1, 0.15) is 0 Å². The average molecular weight is 502 g/mol. The lowest BCUT2D eigenvalue weighted by atomic mass is 9.67. The molecule has 9 nitrogen and oxygen atoms in total. The van der Waals surface area contributed by atoms with Crippen LogP contribution < -0.4 is 4.90 Å². The predicted molar refractivity (Wildman–Crippen MR) is 117 cm³/mol. The molecule has 1 heterocycles. The fraction of sp³-hybridized carbons (Fsp3) is 0.609. The Hall–Kier alpha value is -2.86. The van der Waals surface area contributed by atoms with Crippen LogP contribution in [0.5, 0.6) is 0 Å². The summed E-state index contributed by atoms with van der Waals surface area (Å²) in [5.41, 5.74) is -0.368. The molecule has 1 aromatic rings. The summed E-state index contributed by atoms with van der Waals surface area (Å²) in [4.78, 5) is 44.7. The summed E-state index contributed by atoms with van der Waals surface area (Å²) in [5, 5.41) is 20.0. The lowest BCUT2D eigenvalue weighted by Gasteiger charge is -2.45. The van der Waals surface area contributed by atoms with Gasteiger partial charge < -0.3 is 19.7 Å². The number of halogens is 3. The number of anilines is 1. The molecule has 2 aliphatic rings. The molecule has 2 N–H and O–H groups in total. The first-order valence-corrected chi connectivity index (χ1v) is 11.5. The van der Waals surface area contributed by atoms with Crippen molar-refractivity contribution in [2.24, 2.45) is 17.8 Å². The van der Waals surface area contributed by atoms with Crippen molar-refractivity contribution < 1.29 is 42.7 Å². The number of aliphatic hydroxyl groups is 1. The fourth-order valence-corrected chi connectivity index (χ4v) is 4.69. The molecule has 3 rings (SSSR count). The third kappa shape index (κ3) is 6.04. The molecule has 3 atom stereocenters. The Labute approximate surface area is 200 Å². The number of hydrogen-bond acceptors (Lipinski definition) is 7. The molecule has 0 bridgehead atoms. The Morgan fingerprint density at radius 2 is 1.69 bits per heavy atom. The molecule has 0 spiro atoms. The minimum atomic E-state index is -5.43. The number of hydroxylamine groups is 2. The van der Waals surface area contributed by atoms with Gasteiger partial charge in [-0.25, -0.2) is 4.79 Å². The van der Waals surface area contributed by atoms with Crippen LogP contribution in [0.25, 0.3) is 0 Å². The third-order valence-corrected chi connectivity index (χ3v) is 6.96. The molecular weight excluding hydrogens is 471 g/mol. The van der Waals surface area contributed by atoms with Crippen molar-refractivity contribution in [2.75, 3.05) is 31.1 Å². The van der Waals surface area contributed by atoms with Crippen LogP contribution in [0.2, 0.25) is 0 Å². The highest BCUT2D eigenvalue weighted by Gasteiger charge is 2.51. The topological polar surface area (TPSA) is 111 Å². The lowest BCUT2D eigenvalue weighted by molar-refractivity contribution is -0.318. The second-order valence-corrected chi connectivity index (χ2v) is 9.35. The maximum absolute atomic E-state index is 13.4. The van der Waals surface area contributed by atoms with E-state index in [1.165, 1.54) is 0 Å². The number of piperazine rings is 1. The van der Waals surface area contributed by atoms with Crippen molar-refractivity contribution in [3.63, 3.8) is 0 Å². The Kier molecular flexibility index (Phi) is 7.95. The van der Waals surface area contributed by atoms with Gasteiger partial charge in [-0.3, -0.25) is 14.8 Å². The van der Waals surface area contributed by atoms with Crippen LogP contribution in [-0.2, 0) is 19.2 Å². The molecule has 1 aromatic carbocycles. The highest BCUT2D eigenvalue weighted by Crippen LogP contribution is 2.42. The van der Waals surface area contributed by atoms with Gasteiger partial charge in [-0.2, -0.15) is 13.2 Å². The Morgan fingerprint density at radius 3 is 2.23 bits per heavy atom. The Morgan fingerprint density at radius 1 is 1.09 bits per heavy atom. The van der Waals surface area contributed by atoms with Crippen molar-refractivity contribution in [2.45, 2.75) is 44.9 Å². The number of para-hydroxylation sites is 1. The number of amides is 2. The second-order valence-electron chi connectivity index (χ2n) is 9.35. The quantitative estimate of drug-likeness (QED) is 0.482. The van der Waals surface area contributed by atoms with Gasteiger partial charge in [0.2, 0.25) is 5.91 Å². The molecule has 1 aliphatic carbocycles. The molecule has 194 valence electrons. The smallest absolute Gasteiger partial charge is 0.390 e. The van der Waals surface area contributed by atoms with E-state index in [1.807, 2.05) is 30.3 Å². The van der Waals surface area contributed by atoms with Crippen molar-refractivity contribution >= 4 is 23.5 Å². The highest BCUT2D eigenvalue weighted by molar-refractivity contribution is 5.88. The van der Waals surface area contributed by atoms with Crippen LogP contribution in [0, 0.1) is 17.8 Å². The van der Waals surface area contributed by atoms with E-state index >= 15 is 0 Å². The number of hydrogen-bond donors (Lipinski definition) is 2. The van der Waals surface area contributed by atoms with Gasteiger partial charge >= 0.3 is 12.1 Å². The number of carbonyl (C=O) groups excluding carboxylic acids is 3. The summed E-state index contributed by atoms with van der Waals surface area (Å²) in [6.07, 6.45) is -5.42.